The third-order valence-electron chi connectivity index (χ3n) is 4.91. The zero-order chi connectivity index (χ0) is 17.3. The van der Waals surface area contributed by atoms with Crippen molar-refractivity contribution in [2.24, 2.45) is 0 Å². The predicted octanol–water partition coefficient (Wildman–Crippen LogP) is 3.20. The van der Waals surface area contributed by atoms with E-state index >= 15 is 0 Å². The molecule has 1 atom stereocenters. The molecule has 5 nitrogen and oxygen atoms in total. The lowest BCUT2D eigenvalue weighted by Gasteiger charge is -2.44. The summed E-state index contributed by atoms with van der Waals surface area (Å²) in [6, 6.07) is 5.32. The Labute approximate surface area is 150 Å². The Bertz CT molecular complexity index is 652. The average molecular weight is 396 g/mol. The molecule has 1 aromatic carbocycles. The molecule has 1 amide bonds. The molecule has 2 aliphatic heterocycles. The Balaban J connectivity index is 1.75. The van der Waals surface area contributed by atoms with E-state index in [9.17, 15) is 9.59 Å². The van der Waals surface area contributed by atoms with E-state index in [4.69, 9.17) is 9.47 Å². The summed E-state index contributed by atoms with van der Waals surface area (Å²) >= 11 is 3.42. The van der Waals surface area contributed by atoms with Crippen LogP contribution in [0.4, 0.5) is 0 Å². The molecule has 1 saturated heterocycles. The monoisotopic (exact) mass is 395 g/mol. The second-order valence-electron chi connectivity index (χ2n) is 6.45. The number of methoxy groups -OCH3 is 1. The topological polar surface area (TPSA) is 55.8 Å². The first-order chi connectivity index (χ1) is 11.5. The van der Waals surface area contributed by atoms with E-state index in [-0.39, 0.29) is 16.5 Å². The summed E-state index contributed by atoms with van der Waals surface area (Å²) in [5.74, 6) is 1.50. The van der Waals surface area contributed by atoms with Gasteiger partial charge in [0.15, 0.2) is 5.78 Å². The molecule has 0 N–H and O–H groups in total. The highest BCUT2D eigenvalue weighted by Gasteiger charge is 2.44. The molecule has 2 aliphatic rings. The van der Waals surface area contributed by atoms with Crippen LogP contribution >= 0.6 is 15.9 Å². The second-order valence-corrected chi connectivity index (χ2v) is 7.55. The number of nitrogens with zero attached hydrogens (tertiary/aromatic N) is 1. The van der Waals surface area contributed by atoms with Crippen molar-refractivity contribution >= 4 is 27.6 Å². The van der Waals surface area contributed by atoms with Crippen LogP contribution in [-0.4, -0.2) is 47.2 Å². The number of carbonyl (C=O) groups is 2. The van der Waals surface area contributed by atoms with Gasteiger partial charge >= 0.3 is 0 Å². The number of carbonyl (C=O) groups excluding carboxylic acids is 2. The molecule has 2 heterocycles. The summed E-state index contributed by atoms with van der Waals surface area (Å²) < 4.78 is 11.5. The van der Waals surface area contributed by atoms with Crippen molar-refractivity contribution in [1.82, 2.24) is 4.90 Å². The molecule has 0 saturated carbocycles. The molecule has 6 heteroatoms. The number of halogens is 1. The second kappa shape index (κ2) is 6.75. The molecule has 1 spiro atoms. The lowest BCUT2D eigenvalue weighted by Crippen LogP contribution is -2.53. The van der Waals surface area contributed by atoms with Crippen molar-refractivity contribution in [3.8, 4) is 11.5 Å². The Morgan fingerprint density at radius 3 is 2.75 bits per heavy atom. The van der Waals surface area contributed by atoms with Crippen LogP contribution < -0.4 is 9.47 Å². The molecule has 0 radical (unpaired) electrons. The number of benzene rings is 1. The van der Waals surface area contributed by atoms with Crippen molar-refractivity contribution in [2.45, 2.75) is 43.0 Å². The van der Waals surface area contributed by atoms with Gasteiger partial charge in [0.05, 0.1) is 23.9 Å². The van der Waals surface area contributed by atoms with Crippen LogP contribution in [0.3, 0.4) is 0 Å². The fourth-order valence-electron chi connectivity index (χ4n) is 3.39. The maximum Gasteiger partial charge on any atom is 0.236 e. The summed E-state index contributed by atoms with van der Waals surface area (Å²) in [4.78, 5) is 26.6. The number of ketones is 1. The first-order valence-electron chi connectivity index (χ1n) is 8.31. The van der Waals surface area contributed by atoms with Crippen LogP contribution in [0.5, 0.6) is 11.5 Å². The number of hydrogen-bond donors (Lipinski definition) is 0. The zero-order valence-electron chi connectivity index (χ0n) is 14.0. The number of ether oxygens (including phenoxy) is 2. The largest absolute Gasteiger partial charge is 0.497 e. The van der Waals surface area contributed by atoms with E-state index in [1.807, 2.05) is 11.8 Å². The van der Waals surface area contributed by atoms with Gasteiger partial charge in [-0.15, -0.1) is 0 Å². The quantitative estimate of drug-likeness (QED) is 0.737. The highest BCUT2D eigenvalue weighted by molar-refractivity contribution is 9.10. The first-order valence-corrected chi connectivity index (χ1v) is 9.23. The minimum absolute atomic E-state index is 0.102. The number of likely N-dealkylation sites (tertiary alicyclic amines) is 1. The van der Waals surface area contributed by atoms with Crippen LogP contribution in [0, 0.1) is 0 Å². The lowest BCUT2D eigenvalue weighted by molar-refractivity contribution is -0.134. The van der Waals surface area contributed by atoms with Crippen molar-refractivity contribution < 1.29 is 19.1 Å². The minimum Gasteiger partial charge on any atom is -0.497 e. The molecule has 3 rings (SSSR count). The van der Waals surface area contributed by atoms with Crippen LogP contribution in [0.1, 0.15) is 43.0 Å². The normalized spacial score (nSPS) is 20.3. The Hall–Kier alpha value is -1.56. The highest BCUT2D eigenvalue weighted by atomic mass is 79.9. The standard InChI is InChI=1S/C18H22BrNO4/c1-3-14(19)17(22)20-8-6-18(7-9-20)11-15(21)13-5-4-12(23-2)10-16(13)24-18/h4-5,10,14H,3,6-9,11H2,1-2H3. The smallest absolute Gasteiger partial charge is 0.236 e. The Kier molecular flexibility index (Phi) is 4.85. The van der Waals surface area contributed by atoms with Crippen LogP contribution in [0.2, 0.25) is 0 Å². The van der Waals surface area contributed by atoms with Gasteiger partial charge < -0.3 is 14.4 Å². The molecule has 1 unspecified atom stereocenters. The molecule has 0 aromatic heterocycles. The van der Waals surface area contributed by atoms with Gasteiger partial charge in [-0.2, -0.15) is 0 Å². The minimum atomic E-state index is -0.499. The summed E-state index contributed by atoms with van der Waals surface area (Å²) in [5, 5.41) is 0. The SMILES string of the molecule is CCC(Br)C(=O)N1CCC2(CC1)CC(=O)c1ccc(OC)cc1O2. The predicted molar refractivity (Wildman–Crippen MR) is 94.1 cm³/mol. The Morgan fingerprint density at radius 1 is 1.42 bits per heavy atom. The van der Waals surface area contributed by atoms with Gasteiger partial charge in [-0.05, 0) is 18.6 Å². The van der Waals surface area contributed by atoms with Gasteiger partial charge in [-0.3, -0.25) is 9.59 Å². The number of rotatable bonds is 3. The fourth-order valence-corrected chi connectivity index (χ4v) is 3.68. The van der Waals surface area contributed by atoms with Gasteiger partial charge in [-0.25, -0.2) is 0 Å². The zero-order valence-corrected chi connectivity index (χ0v) is 15.6. The number of fused-ring (bicyclic) bond motifs is 1. The van der Waals surface area contributed by atoms with E-state index in [1.165, 1.54) is 0 Å². The first kappa shape index (κ1) is 17.3. The number of hydrogen-bond acceptors (Lipinski definition) is 4. The van der Waals surface area contributed by atoms with Crippen molar-refractivity contribution in [3.05, 3.63) is 23.8 Å². The summed E-state index contributed by atoms with van der Waals surface area (Å²) in [7, 11) is 1.59. The molecule has 130 valence electrons. The maximum atomic E-state index is 12.5. The molecular formula is C18H22BrNO4. The van der Waals surface area contributed by atoms with Crippen LogP contribution in [-0.2, 0) is 4.79 Å². The van der Waals surface area contributed by atoms with Gasteiger partial charge in [0.2, 0.25) is 5.91 Å². The molecule has 0 bridgehead atoms. The van der Waals surface area contributed by atoms with Gasteiger partial charge in [0, 0.05) is 32.0 Å². The number of amides is 1. The third-order valence-corrected chi connectivity index (χ3v) is 5.95. The average Bonchev–Trinajstić information content (AvgIpc) is 2.60. The fraction of sp³-hybridized carbons (Fsp3) is 0.556. The number of piperidine rings is 1. The molecule has 0 aliphatic carbocycles. The summed E-state index contributed by atoms with van der Waals surface area (Å²) in [6.07, 6.45) is 2.48. The Morgan fingerprint density at radius 2 is 2.12 bits per heavy atom. The summed E-state index contributed by atoms with van der Waals surface area (Å²) in [5.41, 5.74) is 0.118. The van der Waals surface area contributed by atoms with Crippen molar-refractivity contribution in [3.63, 3.8) is 0 Å². The van der Waals surface area contributed by atoms with Crippen molar-refractivity contribution in [2.75, 3.05) is 20.2 Å². The molecule has 24 heavy (non-hydrogen) atoms. The van der Waals surface area contributed by atoms with Crippen molar-refractivity contribution in [1.29, 1.82) is 0 Å². The highest BCUT2D eigenvalue weighted by Crippen LogP contribution is 2.40. The van der Waals surface area contributed by atoms with Crippen LogP contribution in [0.25, 0.3) is 0 Å². The molecule has 1 fully saturated rings. The van der Waals surface area contributed by atoms with E-state index in [0.717, 1.165) is 6.42 Å². The van der Waals surface area contributed by atoms with Gasteiger partial charge in [0.1, 0.15) is 17.1 Å². The molecule has 1 aromatic rings. The van der Waals surface area contributed by atoms with E-state index in [2.05, 4.69) is 15.9 Å². The van der Waals surface area contributed by atoms with Gasteiger partial charge in [-0.1, -0.05) is 22.9 Å². The molecular weight excluding hydrogens is 374 g/mol. The maximum absolute atomic E-state index is 12.5. The van der Waals surface area contributed by atoms with E-state index in [0.29, 0.717) is 49.4 Å². The lowest BCUT2D eigenvalue weighted by atomic mass is 9.82. The van der Waals surface area contributed by atoms with Crippen LogP contribution in [0.15, 0.2) is 18.2 Å². The summed E-state index contributed by atoms with van der Waals surface area (Å²) in [6.45, 7) is 3.22. The number of alkyl halides is 1. The number of Topliss-reactive ketones (excluding diaryl/α,β-unsaturated/α-hetero) is 1. The van der Waals surface area contributed by atoms with E-state index < -0.39 is 5.60 Å². The third kappa shape index (κ3) is 3.16. The van der Waals surface area contributed by atoms with Gasteiger partial charge in [0.25, 0.3) is 0 Å². The van der Waals surface area contributed by atoms with E-state index in [1.54, 1.807) is 25.3 Å².